The summed E-state index contributed by atoms with van der Waals surface area (Å²) in [7, 11) is 0. The zero-order chi connectivity index (χ0) is 9.94. The van der Waals surface area contributed by atoms with Gasteiger partial charge in [-0.05, 0) is 0 Å². The van der Waals surface area contributed by atoms with E-state index in [4.69, 9.17) is 0 Å². The van der Waals surface area contributed by atoms with Crippen molar-refractivity contribution in [3.8, 4) is 0 Å². The Morgan fingerprint density at radius 3 is 1.15 bits per heavy atom. The molecule has 0 amide bonds. The van der Waals surface area contributed by atoms with Crippen LogP contribution in [0.5, 0.6) is 0 Å². The van der Waals surface area contributed by atoms with Crippen molar-refractivity contribution in [2.75, 3.05) is 0 Å². The average molecular weight is 237 g/mol. The second-order valence-corrected chi connectivity index (χ2v) is 13.6. The first-order valence-electron chi connectivity index (χ1n) is 6.62. The average Bonchev–Trinajstić information content (AvgIpc) is 2.17. The van der Waals surface area contributed by atoms with Crippen LogP contribution in [-0.4, -0.2) is 0 Å². The second kappa shape index (κ2) is 10.7. The van der Waals surface area contributed by atoms with E-state index in [0.717, 1.165) is 0 Å². The van der Waals surface area contributed by atoms with Crippen LogP contribution in [0.25, 0.3) is 0 Å². The summed E-state index contributed by atoms with van der Waals surface area (Å²) < 4.78 is 0. The summed E-state index contributed by atoms with van der Waals surface area (Å²) in [5.41, 5.74) is 0. The van der Waals surface area contributed by atoms with Crippen molar-refractivity contribution >= 4 is 0 Å². The normalized spacial score (nSPS) is 10.4. The number of rotatable bonds is 9. The van der Waals surface area contributed by atoms with Gasteiger partial charge in [-0.1, -0.05) is 0 Å². The third-order valence-electron chi connectivity index (χ3n) is 3.31. The Bertz CT molecular complexity index is 72.1. The monoisotopic (exact) mass is 235 g/mol. The van der Waals surface area contributed by atoms with Crippen molar-refractivity contribution in [2.45, 2.75) is 74.3 Å². The van der Waals surface area contributed by atoms with Crippen molar-refractivity contribution in [3.63, 3.8) is 0 Å². The van der Waals surface area contributed by atoms with Crippen molar-refractivity contribution in [2.24, 2.45) is 0 Å². The Labute approximate surface area is 90.4 Å². The quantitative estimate of drug-likeness (QED) is 0.479. The summed E-state index contributed by atoms with van der Waals surface area (Å²) in [6, 6.07) is 0. The summed E-state index contributed by atoms with van der Waals surface area (Å²) in [6.07, 6.45) is 8.87. The topological polar surface area (TPSA) is 0 Å². The Morgan fingerprint density at radius 2 is 0.923 bits per heavy atom. The maximum atomic E-state index is 2.34. The van der Waals surface area contributed by atoms with Gasteiger partial charge in [-0.15, -0.1) is 0 Å². The Morgan fingerprint density at radius 1 is 0.615 bits per heavy atom. The Kier molecular flexibility index (Phi) is 11.2. The molecule has 0 saturated carbocycles. The third-order valence-corrected chi connectivity index (χ3v) is 12.8. The van der Waals surface area contributed by atoms with Crippen LogP contribution >= 0.6 is 0 Å². The molecule has 77 valence electrons. The zero-order valence-corrected chi connectivity index (χ0v) is 13.0. The molecule has 0 heterocycles. The number of unbranched alkanes of at least 4 members (excludes halogenated alkanes) is 3. The van der Waals surface area contributed by atoms with Crippen LogP contribution in [0.1, 0.15) is 59.3 Å². The fourth-order valence-corrected chi connectivity index (χ4v) is 12.2. The van der Waals surface area contributed by atoms with Crippen LogP contribution < -0.4 is 0 Å². The standard InChI is InChI=1S/3C4H9.Zn/c3*1-3-4-2;/h3*1,3-4H2,2H3;. The molecule has 0 atom stereocenters. The first-order chi connectivity index (χ1) is 6.35. The summed E-state index contributed by atoms with van der Waals surface area (Å²) in [5.74, 6) is 0. The molecule has 0 spiro atoms. The predicted molar refractivity (Wildman–Crippen MR) is 59.1 cm³/mol. The fraction of sp³-hybridized carbons (Fsp3) is 1.00. The van der Waals surface area contributed by atoms with Gasteiger partial charge in [0.1, 0.15) is 0 Å². The minimum absolute atomic E-state index is 0.951. The van der Waals surface area contributed by atoms with E-state index >= 15 is 0 Å². The van der Waals surface area contributed by atoms with Crippen LogP contribution in [0.15, 0.2) is 0 Å². The fourth-order valence-electron chi connectivity index (χ4n) is 2.34. The molecule has 0 aromatic heterocycles. The Balaban J connectivity index is 3.47. The molecule has 0 bridgehead atoms. The molecule has 0 aromatic rings. The molecule has 0 aliphatic heterocycles. The zero-order valence-electron chi connectivity index (χ0n) is 10.1. The van der Waals surface area contributed by atoms with Gasteiger partial charge in [-0.3, -0.25) is 0 Å². The van der Waals surface area contributed by atoms with Crippen molar-refractivity contribution in [3.05, 3.63) is 0 Å². The third kappa shape index (κ3) is 8.94. The van der Waals surface area contributed by atoms with Crippen LogP contribution in [0.3, 0.4) is 0 Å². The van der Waals surface area contributed by atoms with E-state index < -0.39 is 16.0 Å². The predicted octanol–water partition coefficient (Wildman–Crippen LogP) is 5.26. The molecule has 0 unspecified atom stereocenters. The molecule has 0 N–H and O–H groups in total. The first kappa shape index (κ1) is 13.6. The van der Waals surface area contributed by atoms with Crippen molar-refractivity contribution in [1.82, 2.24) is 0 Å². The summed E-state index contributed by atoms with van der Waals surface area (Å²) in [4.78, 5) is 0. The van der Waals surface area contributed by atoms with Crippen LogP contribution in [0.4, 0.5) is 0 Å². The van der Waals surface area contributed by atoms with Gasteiger partial charge < -0.3 is 0 Å². The van der Waals surface area contributed by atoms with Crippen LogP contribution in [-0.2, 0) is 16.0 Å². The number of hydrogen-bond donors (Lipinski definition) is 0. The van der Waals surface area contributed by atoms with Gasteiger partial charge in [0.05, 0.1) is 0 Å². The Hall–Kier alpha value is 0.623. The first-order valence-corrected chi connectivity index (χ1v) is 12.9. The van der Waals surface area contributed by atoms with Gasteiger partial charge in [-0.25, -0.2) is 0 Å². The molecule has 0 saturated heterocycles. The molecule has 0 aliphatic rings. The van der Waals surface area contributed by atoms with E-state index in [9.17, 15) is 0 Å². The minimum atomic E-state index is -0.951. The van der Waals surface area contributed by atoms with Gasteiger partial charge in [0.25, 0.3) is 0 Å². The molecule has 0 aliphatic carbocycles. The molecule has 0 fully saturated rings. The van der Waals surface area contributed by atoms with Crippen molar-refractivity contribution in [1.29, 1.82) is 0 Å². The van der Waals surface area contributed by atoms with Gasteiger partial charge in [0.2, 0.25) is 0 Å². The van der Waals surface area contributed by atoms with E-state index in [1.807, 2.05) is 0 Å². The van der Waals surface area contributed by atoms with Crippen molar-refractivity contribution < 1.29 is 16.0 Å². The SMILES string of the molecule is CCC[CH2][Zn]([CH2]CCC)[CH2]CCC. The van der Waals surface area contributed by atoms with E-state index in [-0.39, 0.29) is 0 Å². The van der Waals surface area contributed by atoms with E-state index in [1.54, 1.807) is 15.0 Å². The van der Waals surface area contributed by atoms with E-state index in [1.165, 1.54) is 38.5 Å². The molecule has 13 heavy (non-hydrogen) atoms. The molecule has 0 aromatic carbocycles. The van der Waals surface area contributed by atoms with Gasteiger partial charge in [0.15, 0.2) is 0 Å². The van der Waals surface area contributed by atoms with E-state index in [0.29, 0.717) is 0 Å². The molecule has 0 rings (SSSR count). The summed E-state index contributed by atoms with van der Waals surface area (Å²) in [5, 5.41) is 5.07. The second-order valence-electron chi connectivity index (χ2n) is 4.68. The molecular weight excluding hydrogens is 210 g/mol. The number of hydrogen-bond acceptors (Lipinski definition) is 0. The van der Waals surface area contributed by atoms with E-state index in [2.05, 4.69) is 20.8 Å². The summed E-state index contributed by atoms with van der Waals surface area (Å²) in [6.45, 7) is 7.01. The van der Waals surface area contributed by atoms with Gasteiger partial charge >= 0.3 is 90.3 Å². The van der Waals surface area contributed by atoms with Crippen LogP contribution in [0.2, 0.25) is 15.0 Å². The molecular formula is C12H27Zn. The molecule has 0 nitrogen and oxygen atoms in total. The maximum absolute atomic E-state index is 2.34. The molecule has 1 heteroatoms. The van der Waals surface area contributed by atoms with Gasteiger partial charge in [0, 0.05) is 0 Å². The van der Waals surface area contributed by atoms with Crippen LogP contribution in [0, 0.1) is 0 Å². The molecule has 0 radical (unpaired) electrons. The van der Waals surface area contributed by atoms with Gasteiger partial charge in [-0.2, -0.15) is 0 Å². The summed E-state index contributed by atoms with van der Waals surface area (Å²) >= 11 is -0.951.